The van der Waals surface area contributed by atoms with Crippen LogP contribution >= 0.6 is 0 Å². The van der Waals surface area contributed by atoms with Gasteiger partial charge in [-0.2, -0.15) is 10.3 Å². The largest absolute Gasteiger partial charge is 0.311 e. The van der Waals surface area contributed by atoms with Gasteiger partial charge in [0.2, 0.25) is 5.82 Å². The average Bonchev–Trinajstić information content (AvgIpc) is 3.47. The maximum absolute atomic E-state index is 14.3. The van der Waals surface area contributed by atoms with E-state index in [9.17, 15) is 4.39 Å². The molecule has 4 aromatic rings. The molecule has 1 N–H and O–H groups in total. The van der Waals surface area contributed by atoms with Crippen molar-refractivity contribution in [3.8, 4) is 17.2 Å². The molecule has 4 rings (SSSR count). The normalized spacial score (nSPS) is 11.5. The van der Waals surface area contributed by atoms with Crippen LogP contribution in [0.2, 0.25) is 0 Å². The summed E-state index contributed by atoms with van der Waals surface area (Å²) in [6, 6.07) is 9.33. The van der Waals surface area contributed by atoms with Gasteiger partial charge >= 0.3 is 0 Å². The highest BCUT2D eigenvalue weighted by Gasteiger charge is 2.17. The zero-order chi connectivity index (χ0) is 21.1. The van der Waals surface area contributed by atoms with Gasteiger partial charge in [-0.3, -0.25) is 0 Å². The smallest absolute Gasteiger partial charge is 0.224 e. The van der Waals surface area contributed by atoms with Crippen molar-refractivity contribution < 1.29 is 4.39 Å². The molecule has 3 heterocycles. The van der Waals surface area contributed by atoms with E-state index in [0.29, 0.717) is 12.5 Å². The first kappa shape index (κ1) is 19.9. The topological polar surface area (TPSA) is 90.1 Å². The summed E-state index contributed by atoms with van der Waals surface area (Å²) in [5.41, 5.74) is 2.19. The van der Waals surface area contributed by atoms with Gasteiger partial charge in [0.15, 0.2) is 11.6 Å². The van der Waals surface area contributed by atoms with Crippen LogP contribution in [-0.2, 0) is 13.0 Å². The lowest BCUT2D eigenvalue weighted by molar-refractivity contribution is 0.610. The Bertz CT molecular complexity index is 1090. The highest BCUT2D eigenvalue weighted by atomic mass is 19.1. The number of unbranched alkanes of at least 4 members (excludes halogenated alkanes) is 1. The highest BCUT2D eigenvalue weighted by Crippen LogP contribution is 2.24. The van der Waals surface area contributed by atoms with E-state index < -0.39 is 5.82 Å². The summed E-state index contributed by atoms with van der Waals surface area (Å²) < 4.78 is 18.0. The second-order valence-corrected chi connectivity index (χ2v) is 7.59. The molecule has 0 atom stereocenters. The van der Waals surface area contributed by atoms with Crippen molar-refractivity contribution in [1.29, 1.82) is 0 Å². The van der Waals surface area contributed by atoms with Crippen LogP contribution < -0.4 is 0 Å². The fraction of sp³-hybridized carbons (Fsp3) is 0.381. The maximum atomic E-state index is 14.3. The molecule has 0 aliphatic carbocycles. The van der Waals surface area contributed by atoms with E-state index in [1.807, 2.05) is 28.9 Å². The Hall–Kier alpha value is -3.36. The molecule has 156 valence electrons. The van der Waals surface area contributed by atoms with Crippen LogP contribution in [0.1, 0.15) is 56.7 Å². The minimum Gasteiger partial charge on any atom is -0.311 e. The standard InChI is InChI=1S/C21H25FN8/c1-4-5-6-18-23-20(14(2)3)26-30(18)13-15-7-9-16(10-8-15)29-12-11-17(22)19(29)21-24-27-28-25-21/h7-12,14H,4-6,13H2,1-3H3,(H,24,25,27,28). The summed E-state index contributed by atoms with van der Waals surface area (Å²) in [6.45, 7) is 7.04. The lowest BCUT2D eigenvalue weighted by atomic mass is 10.2. The van der Waals surface area contributed by atoms with Gasteiger partial charge in [0.05, 0.1) is 6.54 Å². The van der Waals surface area contributed by atoms with Crippen LogP contribution in [0.5, 0.6) is 0 Å². The van der Waals surface area contributed by atoms with Crippen LogP contribution in [0, 0.1) is 5.82 Å². The van der Waals surface area contributed by atoms with Crippen molar-refractivity contribution in [3.05, 3.63) is 59.6 Å². The summed E-state index contributed by atoms with van der Waals surface area (Å²) in [7, 11) is 0. The lowest BCUT2D eigenvalue weighted by Crippen LogP contribution is -2.07. The molecule has 0 unspecified atom stereocenters. The van der Waals surface area contributed by atoms with E-state index in [2.05, 4.69) is 41.4 Å². The molecule has 9 heteroatoms. The van der Waals surface area contributed by atoms with E-state index in [1.165, 1.54) is 6.07 Å². The van der Waals surface area contributed by atoms with Gasteiger partial charge < -0.3 is 4.57 Å². The molecular weight excluding hydrogens is 383 g/mol. The van der Waals surface area contributed by atoms with Gasteiger partial charge in [-0.25, -0.2) is 14.1 Å². The molecule has 3 aromatic heterocycles. The molecule has 0 spiro atoms. The average molecular weight is 408 g/mol. The number of rotatable bonds is 8. The van der Waals surface area contributed by atoms with Crippen molar-refractivity contribution in [2.75, 3.05) is 0 Å². The van der Waals surface area contributed by atoms with E-state index in [1.54, 1.807) is 10.8 Å². The van der Waals surface area contributed by atoms with Gasteiger partial charge in [0.25, 0.3) is 0 Å². The number of hydrogen-bond acceptors (Lipinski definition) is 5. The van der Waals surface area contributed by atoms with Gasteiger partial charge in [0, 0.05) is 24.2 Å². The minimum absolute atomic E-state index is 0.214. The van der Waals surface area contributed by atoms with Gasteiger partial charge in [-0.15, -0.1) is 10.2 Å². The molecule has 1 aromatic carbocycles. The third-order valence-corrected chi connectivity index (χ3v) is 4.98. The predicted octanol–water partition coefficient (Wildman–Crippen LogP) is 3.90. The first-order valence-electron chi connectivity index (χ1n) is 10.2. The molecule has 0 aliphatic heterocycles. The van der Waals surface area contributed by atoms with Crippen LogP contribution in [0.3, 0.4) is 0 Å². The van der Waals surface area contributed by atoms with Crippen LogP contribution in [0.4, 0.5) is 4.39 Å². The van der Waals surface area contributed by atoms with E-state index >= 15 is 0 Å². The van der Waals surface area contributed by atoms with Crippen LogP contribution in [0.15, 0.2) is 36.5 Å². The molecular formula is C21H25FN8. The number of aryl methyl sites for hydroxylation is 1. The summed E-state index contributed by atoms with van der Waals surface area (Å²) in [5, 5.41) is 18.4. The third kappa shape index (κ3) is 4.00. The fourth-order valence-electron chi connectivity index (χ4n) is 3.32. The molecule has 0 aliphatic rings. The molecule has 8 nitrogen and oxygen atoms in total. The Labute approximate surface area is 174 Å². The van der Waals surface area contributed by atoms with Gasteiger partial charge in [-0.05, 0) is 35.4 Å². The second-order valence-electron chi connectivity index (χ2n) is 7.59. The first-order chi connectivity index (χ1) is 14.6. The maximum Gasteiger partial charge on any atom is 0.224 e. The van der Waals surface area contributed by atoms with Gasteiger partial charge in [-0.1, -0.05) is 39.3 Å². The van der Waals surface area contributed by atoms with Crippen molar-refractivity contribution >= 4 is 0 Å². The summed E-state index contributed by atoms with van der Waals surface area (Å²) in [6.07, 6.45) is 4.79. The van der Waals surface area contributed by atoms with Crippen molar-refractivity contribution in [1.82, 2.24) is 40.0 Å². The quantitative estimate of drug-likeness (QED) is 0.477. The van der Waals surface area contributed by atoms with E-state index in [-0.39, 0.29) is 11.5 Å². The number of aromatic nitrogens is 8. The summed E-state index contributed by atoms with van der Waals surface area (Å²) >= 11 is 0. The molecule has 0 saturated heterocycles. The Kier molecular flexibility index (Phi) is 5.69. The number of H-pyrrole nitrogens is 1. The lowest BCUT2D eigenvalue weighted by Gasteiger charge is -2.09. The van der Waals surface area contributed by atoms with Crippen molar-refractivity contribution in [3.63, 3.8) is 0 Å². The Morgan fingerprint density at radius 3 is 2.60 bits per heavy atom. The fourth-order valence-corrected chi connectivity index (χ4v) is 3.32. The van der Waals surface area contributed by atoms with E-state index in [0.717, 1.165) is 42.2 Å². The molecule has 0 radical (unpaired) electrons. The third-order valence-electron chi connectivity index (χ3n) is 4.98. The highest BCUT2D eigenvalue weighted by molar-refractivity contribution is 5.55. The molecule has 0 amide bonds. The van der Waals surface area contributed by atoms with Crippen molar-refractivity contribution in [2.24, 2.45) is 0 Å². The SMILES string of the molecule is CCCCc1nc(C(C)C)nn1Cc1ccc(-n2ccc(F)c2-c2nn[nH]n2)cc1. The number of nitrogens with one attached hydrogen (secondary N) is 1. The Balaban J connectivity index is 1.59. The number of tetrazole rings is 1. The van der Waals surface area contributed by atoms with E-state index in [4.69, 9.17) is 10.1 Å². The first-order valence-corrected chi connectivity index (χ1v) is 10.2. The number of benzene rings is 1. The summed E-state index contributed by atoms with van der Waals surface area (Å²) in [5.74, 6) is 2.01. The molecule has 0 fully saturated rings. The molecule has 0 bridgehead atoms. The molecule has 0 saturated carbocycles. The second kappa shape index (κ2) is 8.56. The minimum atomic E-state index is -0.398. The number of hydrogen-bond donors (Lipinski definition) is 1. The summed E-state index contributed by atoms with van der Waals surface area (Å²) in [4.78, 5) is 4.73. The Morgan fingerprint density at radius 2 is 1.93 bits per heavy atom. The molecule has 30 heavy (non-hydrogen) atoms. The zero-order valence-electron chi connectivity index (χ0n) is 17.4. The predicted molar refractivity (Wildman–Crippen MR) is 111 cm³/mol. The van der Waals surface area contributed by atoms with Crippen LogP contribution in [0.25, 0.3) is 17.2 Å². The zero-order valence-corrected chi connectivity index (χ0v) is 17.4. The monoisotopic (exact) mass is 408 g/mol. The number of aromatic amines is 1. The van der Waals surface area contributed by atoms with Gasteiger partial charge in [0.1, 0.15) is 11.5 Å². The Morgan fingerprint density at radius 1 is 1.13 bits per heavy atom. The number of nitrogens with zero attached hydrogens (tertiary/aromatic N) is 7. The number of halogens is 1. The van der Waals surface area contributed by atoms with Crippen molar-refractivity contribution in [2.45, 2.75) is 52.5 Å². The van der Waals surface area contributed by atoms with Crippen LogP contribution in [-0.4, -0.2) is 40.0 Å².